The fraction of sp³-hybridized carbons (Fsp3) is 0.188. The summed E-state index contributed by atoms with van der Waals surface area (Å²) in [7, 11) is -2.51. The van der Waals surface area contributed by atoms with Crippen molar-refractivity contribution in [2.75, 3.05) is 0 Å². The van der Waals surface area contributed by atoms with E-state index in [1.165, 1.54) is 23.3 Å². The SMILES string of the molecule is Cn1nc(-c2cnccn2)cc1CNS(=O)(=O)c1cccc(C(F)(F)F)c1. The molecule has 0 aliphatic heterocycles. The second-order valence-electron chi connectivity index (χ2n) is 5.59. The minimum absolute atomic E-state index is 0.150. The molecule has 0 amide bonds. The van der Waals surface area contributed by atoms with Crippen molar-refractivity contribution in [1.82, 2.24) is 24.5 Å². The molecular formula is C16H14F3N5O2S. The highest BCUT2D eigenvalue weighted by atomic mass is 32.2. The summed E-state index contributed by atoms with van der Waals surface area (Å²) < 4.78 is 66.8. The molecule has 1 N–H and O–H groups in total. The predicted molar refractivity (Wildman–Crippen MR) is 89.7 cm³/mol. The zero-order valence-corrected chi connectivity index (χ0v) is 14.8. The van der Waals surface area contributed by atoms with E-state index in [-0.39, 0.29) is 6.54 Å². The van der Waals surface area contributed by atoms with Crippen molar-refractivity contribution < 1.29 is 21.6 Å². The molecule has 7 nitrogen and oxygen atoms in total. The predicted octanol–water partition coefficient (Wildman–Crippen LogP) is 2.37. The number of sulfonamides is 1. The fourth-order valence-corrected chi connectivity index (χ4v) is 3.36. The van der Waals surface area contributed by atoms with Crippen LogP contribution in [0.1, 0.15) is 11.3 Å². The van der Waals surface area contributed by atoms with Crippen LogP contribution in [0.2, 0.25) is 0 Å². The van der Waals surface area contributed by atoms with Crippen LogP contribution in [0.15, 0.2) is 53.8 Å². The first-order valence-electron chi connectivity index (χ1n) is 7.63. The van der Waals surface area contributed by atoms with E-state index in [1.54, 1.807) is 13.1 Å². The maximum absolute atomic E-state index is 12.8. The first-order valence-corrected chi connectivity index (χ1v) is 9.11. The molecule has 11 heteroatoms. The second kappa shape index (κ2) is 7.08. The van der Waals surface area contributed by atoms with E-state index < -0.39 is 26.7 Å². The summed E-state index contributed by atoms with van der Waals surface area (Å²) in [6.07, 6.45) is -0.102. The van der Waals surface area contributed by atoms with Crippen molar-refractivity contribution in [1.29, 1.82) is 0 Å². The molecule has 2 heterocycles. The topological polar surface area (TPSA) is 89.8 Å². The number of nitrogens with one attached hydrogen (secondary N) is 1. The molecule has 0 bridgehead atoms. The van der Waals surface area contributed by atoms with Gasteiger partial charge in [-0.1, -0.05) is 6.07 Å². The first kappa shape index (κ1) is 19.0. The largest absolute Gasteiger partial charge is 0.416 e. The van der Waals surface area contributed by atoms with Gasteiger partial charge in [0.1, 0.15) is 11.4 Å². The monoisotopic (exact) mass is 397 g/mol. The Hall–Kier alpha value is -2.79. The van der Waals surface area contributed by atoms with Crippen LogP contribution in [0.4, 0.5) is 13.2 Å². The van der Waals surface area contributed by atoms with Gasteiger partial charge in [0.2, 0.25) is 10.0 Å². The first-order chi connectivity index (χ1) is 12.7. The molecule has 0 saturated heterocycles. The maximum Gasteiger partial charge on any atom is 0.416 e. The van der Waals surface area contributed by atoms with Crippen LogP contribution in [0.5, 0.6) is 0 Å². The lowest BCUT2D eigenvalue weighted by Gasteiger charge is -2.10. The summed E-state index contributed by atoms with van der Waals surface area (Å²) in [6, 6.07) is 5.18. The van der Waals surface area contributed by atoms with E-state index in [0.717, 1.165) is 18.2 Å². The van der Waals surface area contributed by atoms with Crippen LogP contribution in [0.3, 0.4) is 0 Å². The van der Waals surface area contributed by atoms with Crippen LogP contribution in [0.25, 0.3) is 11.4 Å². The van der Waals surface area contributed by atoms with Gasteiger partial charge in [-0.15, -0.1) is 0 Å². The molecule has 142 valence electrons. The standard InChI is InChI=1S/C16H14F3N5O2S/c1-24-12(8-14(23-24)15-10-20-5-6-21-15)9-22-27(25,26)13-4-2-3-11(7-13)16(17,18)19/h2-8,10,22H,9H2,1H3. The highest BCUT2D eigenvalue weighted by molar-refractivity contribution is 7.89. The van der Waals surface area contributed by atoms with Crippen LogP contribution in [0, 0.1) is 0 Å². The normalized spacial score (nSPS) is 12.3. The number of hydrogen-bond acceptors (Lipinski definition) is 5. The summed E-state index contributed by atoms with van der Waals surface area (Å²) >= 11 is 0. The lowest BCUT2D eigenvalue weighted by atomic mass is 10.2. The van der Waals surface area contributed by atoms with Crippen LogP contribution >= 0.6 is 0 Å². The number of benzene rings is 1. The van der Waals surface area contributed by atoms with Crippen molar-refractivity contribution in [3.05, 3.63) is 60.2 Å². The Balaban J connectivity index is 1.80. The van der Waals surface area contributed by atoms with Crippen molar-refractivity contribution in [2.24, 2.45) is 7.05 Å². The molecule has 0 fully saturated rings. The number of rotatable bonds is 5. The molecule has 0 aliphatic carbocycles. The van der Waals surface area contributed by atoms with Crippen LogP contribution < -0.4 is 4.72 Å². The van der Waals surface area contributed by atoms with Gasteiger partial charge in [-0.2, -0.15) is 18.3 Å². The van der Waals surface area contributed by atoms with E-state index in [1.807, 2.05) is 0 Å². The van der Waals surface area contributed by atoms with Crippen molar-refractivity contribution in [2.45, 2.75) is 17.6 Å². The zero-order chi connectivity index (χ0) is 19.7. The Kier molecular flexibility index (Phi) is 4.98. The van der Waals surface area contributed by atoms with E-state index >= 15 is 0 Å². The Bertz CT molecular complexity index is 1050. The van der Waals surface area contributed by atoms with Gasteiger partial charge in [0.05, 0.1) is 28.9 Å². The van der Waals surface area contributed by atoms with Gasteiger partial charge in [-0.05, 0) is 24.3 Å². The highest BCUT2D eigenvalue weighted by Crippen LogP contribution is 2.30. The summed E-state index contributed by atoms with van der Waals surface area (Å²) in [4.78, 5) is 7.58. The third-order valence-corrected chi connectivity index (χ3v) is 5.12. The maximum atomic E-state index is 12.8. The quantitative estimate of drug-likeness (QED) is 0.714. The molecule has 2 aromatic heterocycles. The summed E-state index contributed by atoms with van der Waals surface area (Å²) in [6.45, 7) is -0.150. The smallest absolute Gasteiger partial charge is 0.271 e. The van der Waals surface area contributed by atoms with Crippen molar-refractivity contribution in [3.63, 3.8) is 0 Å². The molecule has 0 unspecified atom stereocenters. The van der Waals surface area contributed by atoms with Crippen molar-refractivity contribution in [3.8, 4) is 11.4 Å². The molecule has 1 aromatic carbocycles. The summed E-state index contributed by atoms with van der Waals surface area (Å²) in [5.41, 5.74) is 0.487. The molecule has 0 atom stereocenters. The third-order valence-electron chi connectivity index (χ3n) is 3.72. The van der Waals surface area contributed by atoms with Crippen LogP contribution in [-0.4, -0.2) is 28.2 Å². The Morgan fingerprint density at radius 3 is 2.59 bits per heavy atom. The number of aromatic nitrogens is 4. The molecule has 27 heavy (non-hydrogen) atoms. The van der Waals surface area contributed by atoms with Crippen molar-refractivity contribution >= 4 is 10.0 Å². The zero-order valence-electron chi connectivity index (χ0n) is 14.0. The van der Waals surface area contributed by atoms with E-state index in [9.17, 15) is 21.6 Å². The second-order valence-corrected chi connectivity index (χ2v) is 7.35. The van der Waals surface area contributed by atoms with Gasteiger partial charge >= 0.3 is 6.18 Å². The fourth-order valence-electron chi connectivity index (χ4n) is 2.32. The Morgan fingerprint density at radius 2 is 1.93 bits per heavy atom. The lowest BCUT2D eigenvalue weighted by Crippen LogP contribution is -2.24. The van der Waals surface area contributed by atoms with Crippen LogP contribution in [-0.2, 0) is 29.8 Å². The van der Waals surface area contributed by atoms with E-state index in [4.69, 9.17) is 0 Å². The average molecular weight is 397 g/mol. The number of aryl methyl sites for hydroxylation is 1. The van der Waals surface area contributed by atoms with Gasteiger partial charge in [0.15, 0.2) is 0 Å². The van der Waals surface area contributed by atoms with Gasteiger partial charge < -0.3 is 0 Å². The van der Waals surface area contributed by atoms with Gasteiger partial charge in [0, 0.05) is 19.4 Å². The molecular weight excluding hydrogens is 383 g/mol. The van der Waals surface area contributed by atoms with Gasteiger partial charge in [-0.25, -0.2) is 13.1 Å². The molecule has 3 aromatic rings. The minimum atomic E-state index is -4.63. The Labute approximate surface area is 152 Å². The molecule has 0 aliphatic rings. The molecule has 3 rings (SSSR count). The number of halogens is 3. The molecule has 0 saturated carbocycles. The summed E-state index contributed by atoms with van der Waals surface area (Å²) in [5.74, 6) is 0. The third kappa shape index (κ3) is 4.31. The lowest BCUT2D eigenvalue weighted by molar-refractivity contribution is -0.137. The van der Waals surface area contributed by atoms with E-state index in [2.05, 4.69) is 19.8 Å². The van der Waals surface area contributed by atoms with Gasteiger partial charge in [-0.3, -0.25) is 14.6 Å². The van der Waals surface area contributed by atoms with E-state index in [0.29, 0.717) is 23.1 Å². The average Bonchev–Trinajstić information content (AvgIpc) is 3.01. The molecule has 0 spiro atoms. The Morgan fingerprint density at radius 1 is 1.15 bits per heavy atom. The summed E-state index contributed by atoms with van der Waals surface area (Å²) in [5, 5.41) is 4.23. The molecule has 0 radical (unpaired) electrons. The highest BCUT2D eigenvalue weighted by Gasteiger charge is 2.31. The van der Waals surface area contributed by atoms with Gasteiger partial charge in [0.25, 0.3) is 0 Å². The number of nitrogens with zero attached hydrogens (tertiary/aromatic N) is 4. The number of alkyl halides is 3. The number of hydrogen-bond donors (Lipinski definition) is 1. The minimum Gasteiger partial charge on any atom is -0.271 e.